The van der Waals surface area contributed by atoms with Gasteiger partial charge in [-0.3, -0.25) is 4.79 Å². The second-order valence-electron chi connectivity index (χ2n) is 3.42. The molecule has 0 saturated heterocycles. The Hall–Kier alpha value is -1.44. The molecule has 4 nitrogen and oxygen atoms in total. The molecule has 88 valence electrons. The highest BCUT2D eigenvalue weighted by Crippen LogP contribution is 2.14. The van der Waals surface area contributed by atoms with Gasteiger partial charge in [-0.15, -0.1) is 0 Å². The second-order valence-corrected chi connectivity index (χ2v) is 4.50. The summed E-state index contributed by atoms with van der Waals surface area (Å²) in [4.78, 5) is 17.7. The van der Waals surface area contributed by atoms with Crippen LogP contribution < -0.4 is 5.56 Å². The Balaban J connectivity index is 2.38. The SMILES string of the molecule is O=c1[nH]c(Cc2ccccc2F)nc(O)c1I. The van der Waals surface area contributed by atoms with E-state index in [1.807, 2.05) is 0 Å². The van der Waals surface area contributed by atoms with E-state index < -0.39 is 5.56 Å². The standard InChI is InChI=1S/C11H8FIN2O2/c12-7-4-2-1-3-6(7)5-8-14-10(16)9(13)11(17)15-8/h1-4H,5H2,(H2,14,15,16,17). The van der Waals surface area contributed by atoms with Crippen LogP contribution in [0, 0.1) is 9.39 Å². The lowest BCUT2D eigenvalue weighted by Crippen LogP contribution is -2.14. The third-order valence-electron chi connectivity index (χ3n) is 2.21. The molecule has 0 spiro atoms. The van der Waals surface area contributed by atoms with Gasteiger partial charge in [0.25, 0.3) is 5.56 Å². The van der Waals surface area contributed by atoms with Gasteiger partial charge in [-0.2, -0.15) is 4.98 Å². The van der Waals surface area contributed by atoms with Crippen molar-refractivity contribution < 1.29 is 9.50 Å². The number of aromatic amines is 1. The number of halogens is 2. The van der Waals surface area contributed by atoms with Crippen LogP contribution in [0.3, 0.4) is 0 Å². The minimum Gasteiger partial charge on any atom is -0.492 e. The Bertz CT molecular complexity index is 613. The molecule has 0 aliphatic rings. The highest BCUT2D eigenvalue weighted by Gasteiger charge is 2.09. The van der Waals surface area contributed by atoms with Crippen molar-refractivity contribution in [3.63, 3.8) is 0 Å². The lowest BCUT2D eigenvalue weighted by atomic mass is 10.1. The van der Waals surface area contributed by atoms with Crippen molar-refractivity contribution in [2.75, 3.05) is 0 Å². The van der Waals surface area contributed by atoms with Crippen LogP contribution in [-0.4, -0.2) is 15.1 Å². The Kier molecular flexibility index (Phi) is 3.41. The minimum absolute atomic E-state index is 0.125. The third-order valence-corrected chi connectivity index (χ3v) is 3.18. The average molecular weight is 346 g/mol. The summed E-state index contributed by atoms with van der Waals surface area (Å²) >= 11 is 1.69. The van der Waals surface area contributed by atoms with Crippen molar-refractivity contribution in [1.82, 2.24) is 9.97 Å². The minimum atomic E-state index is -0.426. The lowest BCUT2D eigenvalue weighted by molar-refractivity contribution is 0.443. The van der Waals surface area contributed by atoms with Crippen LogP contribution in [0.2, 0.25) is 0 Å². The molecule has 1 heterocycles. The second kappa shape index (κ2) is 4.82. The fourth-order valence-electron chi connectivity index (χ4n) is 1.40. The maximum Gasteiger partial charge on any atom is 0.268 e. The van der Waals surface area contributed by atoms with Crippen molar-refractivity contribution in [2.24, 2.45) is 0 Å². The largest absolute Gasteiger partial charge is 0.492 e. The molecule has 2 aromatic rings. The summed E-state index contributed by atoms with van der Waals surface area (Å²) in [5.41, 5.74) is -0.0132. The summed E-state index contributed by atoms with van der Waals surface area (Å²) in [6.07, 6.45) is 0.131. The van der Waals surface area contributed by atoms with Gasteiger partial charge in [0.2, 0.25) is 5.88 Å². The smallest absolute Gasteiger partial charge is 0.268 e. The maximum absolute atomic E-state index is 13.4. The molecular weight excluding hydrogens is 338 g/mol. The van der Waals surface area contributed by atoms with Crippen LogP contribution in [-0.2, 0) is 6.42 Å². The van der Waals surface area contributed by atoms with E-state index in [0.29, 0.717) is 5.56 Å². The van der Waals surface area contributed by atoms with E-state index in [2.05, 4.69) is 9.97 Å². The zero-order chi connectivity index (χ0) is 12.4. The van der Waals surface area contributed by atoms with Crippen LogP contribution in [0.15, 0.2) is 29.1 Å². The van der Waals surface area contributed by atoms with E-state index in [4.69, 9.17) is 0 Å². The number of H-pyrrole nitrogens is 1. The molecule has 0 aliphatic carbocycles. The highest BCUT2D eigenvalue weighted by molar-refractivity contribution is 14.1. The lowest BCUT2D eigenvalue weighted by Gasteiger charge is -2.03. The number of benzene rings is 1. The number of hydrogen-bond donors (Lipinski definition) is 2. The zero-order valence-electron chi connectivity index (χ0n) is 8.58. The summed E-state index contributed by atoms with van der Waals surface area (Å²) < 4.78 is 13.5. The average Bonchev–Trinajstić information content (AvgIpc) is 2.29. The van der Waals surface area contributed by atoms with Crippen molar-refractivity contribution in [3.05, 3.63) is 55.4 Å². The number of hydrogen-bond acceptors (Lipinski definition) is 3. The van der Waals surface area contributed by atoms with Gasteiger partial charge in [0.15, 0.2) is 0 Å². The molecule has 2 N–H and O–H groups in total. The van der Waals surface area contributed by atoms with E-state index in [1.54, 1.807) is 40.8 Å². The van der Waals surface area contributed by atoms with E-state index in [0.717, 1.165) is 0 Å². The van der Waals surface area contributed by atoms with E-state index >= 15 is 0 Å². The van der Waals surface area contributed by atoms with Gasteiger partial charge in [0.1, 0.15) is 15.2 Å². The first kappa shape index (κ1) is 12.0. The van der Waals surface area contributed by atoms with Crippen LogP contribution in [0.4, 0.5) is 4.39 Å². The van der Waals surface area contributed by atoms with Gasteiger partial charge in [-0.25, -0.2) is 4.39 Å². The van der Waals surface area contributed by atoms with Gasteiger partial charge in [-0.05, 0) is 34.2 Å². The summed E-state index contributed by atoms with van der Waals surface area (Å²) in [5.74, 6) is -0.466. The summed E-state index contributed by atoms with van der Waals surface area (Å²) in [6, 6.07) is 6.22. The molecule has 17 heavy (non-hydrogen) atoms. The zero-order valence-corrected chi connectivity index (χ0v) is 10.7. The molecule has 0 radical (unpaired) electrons. The number of aromatic nitrogens is 2. The molecule has 0 aliphatic heterocycles. The van der Waals surface area contributed by atoms with Crippen molar-refractivity contribution in [2.45, 2.75) is 6.42 Å². The van der Waals surface area contributed by atoms with Gasteiger partial charge in [0.05, 0.1) is 0 Å². The monoisotopic (exact) mass is 346 g/mol. The molecule has 0 saturated carbocycles. The number of nitrogens with one attached hydrogen (secondary N) is 1. The van der Waals surface area contributed by atoms with E-state index in [9.17, 15) is 14.3 Å². The molecule has 0 unspecified atom stereocenters. The molecule has 2 rings (SSSR count). The number of rotatable bonds is 2. The molecular formula is C11H8FIN2O2. The first-order valence-electron chi connectivity index (χ1n) is 4.79. The van der Waals surface area contributed by atoms with Gasteiger partial charge < -0.3 is 10.1 Å². The predicted octanol–water partition coefficient (Wildman–Crippen LogP) is 1.81. The van der Waals surface area contributed by atoms with Gasteiger partial charge >= 0.3 is 0 Å². The molecule has 0 amide bonds. The van der Waals surface area contributed by atoms with Crippen LogP contribution in [0.25, 0.3) is 0 Å². The highest BCUT2D eigenvalue weighted by atomic mass is 127. The van der Waals surface area contributed by atoms with Gasteiger partial charge in [-0.1, -0.05) is 18.2 Å². The van der Waals surface area contributed by atoms with Crippen molar-refractivity contribution >= 4 is 22.6 Å². The van der Waals surface area contributed by atoms with Gasteiger partial charge in [0, 0.05) is 6.42 Å². The van der Waals surface area contributed by atoms with Crippen LogP contribution in [0.1, 0.15) is 11.4 Å². The first-order valence-corrected chi connectivity index (χ1v) is 5.87. The molecule has 0 atom stereocenters. The topological polar surface area (TPSA) is 66.0 Å². The fourth-order valence-corrected chi connectivity index (χ4v) is 1.65. The number of nitrogens with zero attached hydrogens (tertiary/aromatic N) is 1. The maximum atomic E-state index is 13.4. The fraction of sp³-hybridized carbons (Fsp3) is 0.0909. The van der Waals surface area contributed by atoms with Crippen molar-refractivity contribution in [1.29, 1.82) is 0 Å². The molecule has 6 heteroatoms. The van der Waals surface area contributed by atoms with Crippen molar-refractivity contribution in [3.8, 4) is 5.88 Å². The van der Waals surface area contributed by atoms with Crippen LogP contribution >= 0.6 is 22.6 Å². The summed E-state index contributed by atoms with van der Waals surface area (Å²) in [7, 11) is 0. The van der Waals surface area contributed by atoms with Crippen LogP contribution in [0.5, 0.6) is 5.88 Å². The Labute approximate surface area is 110 Å². The Morgan fingerprint density at radius 1 is 1.41 bits per heavy atom. The molecule has 1 aromatic carbocycles. The normalized spacial score (nSPS) is 10.5. The number of aromatic hydroxyl groups is 1. The molecule has 1 aromatic heterocycles. The summed E-state index contributed by atoms with van der Waals surface area (Å²) in [5, 5.41) is 9.40. The predicted molar refractivity (Wildman–Crippen MR) is 68.4 cm³/mol. The van der Waals surface area contributed by atoms with E-state index in [-0.39, 0.29) is 27.5 Å². The molecule has 0 bridgehead atoms. The first-order chi connectivity index (χ1) is 8.08. The Morgan fingerprint density at radius 2 is 2.12 bits per heavy atom. The Morgan fingerprint density at radius 3 is 2.76 bits per heavy atom. The molecule has 0 fully saturated rings. The summed E-state index contributed by atoms with van der Waals surface area (Å²) in [6.45, 7) is 0. The third kappa shape index (κ3) is 2.63. The quantitative estimate of drug-likeness (QED) is 0.816. The van der Waals surface area contributed by atoms with E-state index in [1.165, 1.54) is 6.07 Å².